The summed E-state index contributed by atoms with van der Waals surface area (Å²) >= 11 is 0. The molecule has 32 heavy (non-hydrogen) atoms. The molecular formula is C23H23NO7S. The van der Waals surface area contributed by atoms with Gasteiger partial charge in [-0.05, 0) is 47.2 Å². The van der Waals surface area contributed by atoms with Crippen LogP contribution in [0.3, 0.4) is 0 Å². The van der Waals surface area contributed by atoms with Gasteiger partial charge in [-0.3, -0.25) is 4.79 Å². The quantitative estimate of drug-likeness (QED) is 0.415. The zero-order chi connectivity index (χ0) is 22.7. The summed E-state index contributed by atoms with van der Waals surface area (Å²) in [5.74, 6) is 1.16. The average Bonchev–Trinajstić information content (AvgIpc) is 3.03. The lowest BCUT2D eigenvalue weighted by molar-refractivity contribution is -0.134. The number of carbonyl (C=O) groups excluding carboxylic acids is 1. The fourth-order valence-electron chi connectivity index (χ4n) is 3.31. The molecule has 0 fully saturated rings. The molecule has 3 aromatic carbocycles. The van der Waals surface area contributed by atoms with Crippen molar-refractivity contribution in [2.75, 3.05) is 33.9 Å². The van der Waals surface area contributed by atoms with Gasteiger partial charge >= 0.3 is 5.97 Å². The number of hydrogen-bond donors (Lipinski definition) is 0. The highest BCUT2D eigenvalue weighted by atomic mass is 32.2. The molecule has 4 rings (SSSR count). The van der Waals surface area contributed by atoms with E-state index in [0.717, 1.165) is 15.1 Å². The van der Waals surface area contributed by atoms with E-state index in [4.69, 9.17) is 18.9 Å². The molecule has 0 saturated heterocycles. The topological polar surface area (TPSA) is 91.4 Å². The third kappa shape index (κ3) is 4.63. The third-order valence-electron chi connectivity index (χ3n) is 5.03. The van der Waals surface area contributed by atoms with Crippen LogP contribution < -0.4 is 18.9 Å². The van der Waals surface area contributed by atoms with E-state index in [1.807, 2.05) is 24.3 Å². The number of benzene rings is 3. The second kappa shape index (κ2) is 9.05. The Morgan fingerprint density at radius 3 is 2.38 bits per heavy atom. The predicted molar refractivity (Wildman–Crippen MR) is 118 cm³/mol. The van der Waals surface area contributed by atoms with Crippen LogP contribution in [-0.4, -0.2) is 52.6 Å². The molecule has 8 nitrogen and oxygen atoms in total. The van der Waals surface area contributed by atoms with Crippen LogP contribution in [0.2, 0.25) is 0 Å². The van der Waals surface area contributed by atoms with E-state index >= 15 is 0 Å². The van der Waals surface area contributed by atoms with E-state index in [2.05, 4.69) is 0 Å². The monoisotopic (exact) mass is 457 g/mol. The van der Waals surface area contributed by atoms with Crippen molar-refractivity contribution < 1.29 is 32.2 Å². The zero-order valence-corrected chi connectivity index (χ0v) is 18.6. The van der Waals surface area contributed by atoms with E-state index in [-0.39, 0.29) is 4.90 Å². The third-order valence-corrected chi connectivity index (χ3v) is 6.83. The Balaban J connectivity index is 1.47. The highest BCUT2D eigenvalue weighted by molar-refractivity contribution is 7.89. The lowest BCUT2D eigenvalue weighted by Crippen LogP contribution is -2.34. The summed E-state index contributed by atoms with van der Waals surface area (Å²) in [4.78, 5) is 12.4. The fourth-order valence-corrected chi connectivity index (χ4v) is 4.44. The van der Waals surface area contributed by atoms with Gasteiger partial charge in [-0.2, -0.15) is 4.31 Å². The minimum atomic E-state index is -3.93. The first kappa shape index (κ1) is 21.9. The van der Waals surface area contributed by atoms with Crippen LogP contribution >= 0.6 is 0 Å². The second-order valence-corrected chi connectivity index (χ2v) is 9.31. The summed E-state index contributed by atoms with van der Waals surface area (Å²) < 4.78 is 48.5. The van der Waals surface area contributed by atoms with Crippen LogP contribution in [0.4, 0.5) is 0 Å². The number of fused-ring (bicyclic) bond motifs is 2. The number of methoxy groups -OCH3 is 1. The number of nitrogens with zero attached hydrogens (tertiary/aromatic N) is 1. The lowest BCUT2D eigenvalue weighted by Gasteiger charge is -2.17. The standard InChI is InChI=1S/C23H23NO7S/c1-24(32(26,27)20-8-9-21-22(14-20)30-11-3-10-29-21)15-23(25)31-19-7-5-16-4-6-18(28-2)12-17(16)13-19/h4-9,12-14H,3,10-11,15H2,1-2H3. The Hall–Kier alpha value is -3.30. The number of ether oxygens (including phenoxy) is 4. The van der Waals surface area contributed by atoms with Crippen molar-refractivity contribution in [3.05, 3.63) is 54.6 Å². The number of rotatable bonds is 6. The molecule has 1 aliphatic heterocycles. The molecule has 0 spiro atoms. The summed E-state index contributed by atoms with van der Waals surface area (Å²) in [6, 6.07) is 15.1. The molecule has 9 heteroatoms. The molecule has 0 N–H and O–H groups in total. The van der Waals surface area contributed by atoms with Gasteiger partial charge in [-0.25, -0.2) is 8.42 Å². The van der Waals surface area contributed by atoms with Crippen molar-refractivity contribution >= 4 is 26.8 Å². The van der Waals surface area contributed by atoms with Gasteiger partial charge in [0.1, 0.15) is 18.0 Å². The molecule has 0 amide bonds. The van der Waals surface area contributed by atoms with Crippen LogP contribution in [0.5, 0.6) is 23.0 Å². The maximum absolute atomic E-state index is 12.9. The van der Waals surface area contributed by atoms with Gasteiger partial charge in [0.25, 0.3) is 0 Å². The van der Waals surface area contributed by atoms with Crippen molar-refractivity contribution in [1.82, 2.24) is 4.31 Å². The van der Waals surface area contributed by atoms with Gasteiger partial charge in [-0.1, -0.05) is 12.1 Å². The molecule has 0 radical (unpaired) electrons. The summed E-state index contributed by atoms with van der Waals surface area (Å²) in [7, 11) is -1.04. The van der Waals surface area contributed by atoms with Crippen molar-refractivity contribution in [1.29, 1.82) is 0 Å². The van der Waals surface area contributed by atoms with E-state index in [1.54, 1.807) is 25.3 Å². The molecule has 168 valence electrons. The Morgan fingerprint density at radius 2 is 1.62 bits per heavy atom. The first-order valence-corrected chi connectivity index (χ1v) is 11.5. The molecular weight excluding hydrogens is 434 g/mol. The number of carbonyl (C=O) groups is 1. The molecule has 3 aromatic rings. The zero-order valence-electron chi connectivity index (χ0n) is 17.7. The first-order chi connectivity index (χ1) is 15.4. The molecule has 0 saturated carbocycles. The van der Waals surface area contributed by atoms with Crippen molar-refractivity contribution in [2.45, 2.75) is 11.3 Å². The van der Waals surface area contributed by atoms with E-state index in [9.17, 15) is 13.2 Å². The normalized spacial score (nSPS) is 13.6. The Morgan fingerprint density at radius 1 is 0.938 bits per heavy atom. The summed E-state index contributed by atoms with van der Waals surface area (Å²) in [5.41, 5.74) is 0. The first-order valence-electron chi connectivity index (χ1n) is 10.0. The lowest BCUT2D eigenvalue weighted by atomic mass is 10.1. The SMILES string of the molecule is COc1ccc2ccc(OC(=O)CN(C)S(=O)(=O)c3ccc4c(c3)OCCCO4)cc2c1. The van der Waals surface area contributed by atoms with E-state index in [0.29, 0.717) is 42.6 Å². The molecule has 1 heterocycles. The molecule has 0 atom stereocenters. The largest absolute Gasteiger partial charge is 0.497 e. The highest BCUT2D eigenvalue weighted by Crippen LogP contribution is 2.32. The Bertz CT molecular complexity index is 1260. The summed E-state index contributed by atoms with van der Waals surface area (Å²) in [6.45, 7) is 0.496. The molecule has 0 unspecified atom stereocenters. The van der Waals surface area contributed by atoms with Gasteiger partial charge in [0.2, 0.25) is 10.0 Å². The van der Waals surface area contributed by atoms with Crippen LogP contribution in [0.15, 0.2) is 59.5 Å². The van der Waals surface area contributed by atoms with Crippen LogP contribution in [0, 0.1) is 0 Å². The molecule has 0 bridgehead atoms. The maximum atomic E-state index is 12.9. The van der Waals surface area contributed by atoms with E-state index < -0.39 is 22.5 Å². The molecule has 1 aliphatic rings. The summed E-state index contributed by atoms with van der Waals surface area (Å²) in [5, 5.41) is 1.79. The van der Waals surface area contributed by atoms with Gasteiger partial charge in [0.05, 0.1) is 25.2 Å². The fraction of sp³-hybridized carbons (Fsp3) is 0.261. The Kier molecular flexibility index (Phi) is 6.20. The minimum Gasteiger partial charge on any atom is -0.497 e. The van der Waals surface area contributed by atoms with Crippen LogP contribution in [0.25, 0.3) is 10.8 Å². The van der Waals surface area contributed by atoms with Gasteiger partial charge in [0.15, 0.2) is 11.5 Å². The van der Waals surface area contributed by atoms with Crippen molar-refractivity contribution in [3.63, 3.8) is 0 Å². The molecule has 0 aliphatic carbocycles. The van der Waals surface area contributed by atoms with Crippen molar-refractivity contribution in [3.8, 4) is 23.0 Å². The number of sulfonamides is 1. The maximum Gasteiger partial charge on any atom is 0.326 e. The van der Waals surface area contributed by atoms with Crippen LogP contribution in [-0.2, 0) is 14.8 Å². The van der Waals surface area contributed by atoms with E-state index in [1.165, 1.54) is 19.2 Å². The summed E-state index contributed by atoms with van der Waals surface area (Å²) in [6.07, 6.45) is 0.712. The average molecular weight is 458 g/mol. The smallest absolute Gasteiger partial charge is 0.326 e. The van der Waals surface area contributed by atoms with Gasteiger partial charge in [-0.15, -0.1) is 0 Å². The van der Waals surface area contributed by atoms with Gasteiger partial charge in [0, 0.05) is 19.5 Å². The highest BCUT2D eigenvalue weighted by Gasteiger charge is 2.26. The predicted octanol–water partition coefficient (Wildman–Crippen LogP) is 3.24. The second-order valence-electron chi connectivity index (χ2n) is 7.27. The van der Waals surface area contributed by atoms with Crippen molar-refractivity contribution in [2.24, 2.45) is 0 Å². The van der Waals surface area contributed by atoms with Crippen LogP contribution in [0.1, 0.15) is 6.42 Å². The number of hydrogen-bond acceptors (Lipinski definition) is 7. The van der Waals surface area contributed by atoms with Gasteiger partial charge < -0.3 is 18.9 Å². The molecule has 0 aromatic heterocycles. The minimum absolute atomic E-state index is 0.00912. The number of esters is 1. The Labute approximate surface area is 186 Å². The number of likely N-dealkylation sites (N-methyl/N-ethyl adjacent to an activating group) is 1.